The van der Waals surface area contributed by atoms with Gasteiger partial charge in [0.2, 0.25) is 0 Å². The predicted octanol–water partition coefficient (Wildman–Crippen LogP) is 2.78. The number of nitrogens with zero attached hydrogens (tertiary/aromatic N) is 2. The Balaban J connectivity index is 1.92. The van der Waals surface area contributed by atoms with E-state index < -0.39 is 12.7 Å². The summed E-state index contributed by atoms with van der Waals surface area (Å²) in [6.45, 7) is 2.28. The molecular formula is C19H24F2N4O2. The Morgan fingerprint density at radius 2 is 1.93 bits per heavy atom. The first kappa shape index (κ1) is 20.6. The van der Waals surface area contributed by atoms with Crippen molar-refractivity contribution in [2.45, 2.75) is 33.1 Å². The number of aliphatic imine (C=N–C) groups is 1. The summed E-state index contributed by atoms with van der Waals surface area (Å²) in [6.07, 6.45) is -0.827. The van der Waals surface area contributed by atoms with E-state index >= 15 is 0 Å². The molecule has 0 fully saturated rings. The summed E-state index contributed by atoms with van der Waals surface area (Å²) < 4.78 is 28.6. The number of rotatable bonds is 8. The maximum Gasteiger partial charge on any atom is 0.387 e. The van der Waals surface area contributed by atoms with Crippen molar-refractivity contribution in [1.82, 2.24) is 15.6 Å². The third-order valence-electron chi connectivity index (χ3n) is 3.64. The molecule has 3 N–H and O–H groups in total. The van der Waals surface area contributed by atoms with Crippen LogP contribution in [-0.2, 0) is 6.54 Å². The van der Waals surface area contributed by atoms with Crippen LogP contribution >= 0.6 is 0 Å². The van der Waals surface area contributed by atoms with Gasteiger partial charge >= 0.3 is 6.61 Å². The minimum absolute atomic E-state index is 0.0504. The maximum atomic E-state index is 12.2. The van der Waals surface area contributed by atoms with Crippen molar-refractivity contribution in [2.24, 2.45) is 4.99 Å². The Labute approximate surface area is 157 Å². The summed E-state index contributed by atoms with van der Waals surface area (Å²) in [4.78, 5) is 8.85. The second-order valence-electron chi connectivity index (χ2n) is 5.81. The van der Waals surface area contributed by atoms with Crippen molar-refractivity contribution in [2.75, 3.05) is 13.1 Å². The van der Waals surface area contributed by atoms with Gasteiger partial charge in [0.25, 0.3) is 0 Å². The number of guanidine groups is 1. The summed E-state index contributed by atoms with van der Waals surface area (Å²) in [5.41, 5.74) is 2.36. The number of halogens is 2. The summed E-state index contributed by atoms with van der Waals surface area (Å²) in [5, 5.41) is 16.4. The summed E-state index contributed by atoms with van der Waals surface area (Å²) in [5.74, 6) is 0.604. The highest BCUT2D eigenvalue weighted by molar-refractivity contribution is 5.79. The molecule has 6 nitrogen and oxygen atoms in total. The number of alkyl halides is 2. The third-order valence-corrected chi connectivity index (χ3v) is 3.64. The molecule has 1 heterocycles. The lowest BCUT2D eigenvalue weighted by Gasteiger charge is -2.16. The number of hydrogen-bond acceptors (Lipinski definition) is 4. The molecule has 0 aliphatic rings. The Kier molecular flexibility index (Phi) is 7.94. The molecule has 8 heteroatoms. The van der Waals surface area contributed by atoms with Gasteiger partial charge < -0.3 is 20.5 Å². The van der Waals surface area contributed by atoms with E-state index in [1.54, 1.807) is 12.1 Å². The third kappa shape index (κ3) is 7.18. The van der Waals surface area contributed by atoms with Crippen LogP contribution in [0, 0.1) is 6.92 Å². The molecule has 1 atom stereocenters. The zero-order chi connectivity index (χ0) is 19.6. The van der Waals surface area contributed by atoms with Gasteiger partial charge in [0, 0.05) is 18.8 Å². The van der Waals surface area contributed by atoms with Crippen LogP contribution in [0.3, 0.4) is 0 Å². The number of aromatic nitrogens is 1. The molecule has 1 aromatic carbocycles. The van der Waals surface area contributed by atoms with E-state index in [9.17, 15) is 13.9 Å². The molecule has 0 saturated heterocycles. The van der Waals surface area contributed by atoms with Crippen LogP contribution in [0.2, 0.25) is 0 Å². The number of pyridine rings is 1. The predicted molar refractivity (Wildman–Crippen MR) is 99.8 cm³/mol. The number of hydrogen-bond donors (Lipinski definition) is 3. The number of nitrogens with one attached hydrogen (secondary N) is 2. The SMILES string of the molecule is CCNC(=NCc1cccc(C)n1)NCC(O)c1ccc(OC(F)F)cc1. The fraction of sp³-hybridized carbons (Fsp3) is 0.368. The number of aliphatic hydroxyl groups excluding tert-OH is 1. The maximum absolute atomic E-state index is 12.2. The van der Waals surface area contributed by atoms with Crippen LogP contribution in [-0.4, -0.2) is 35.8 Å². The lowest BCUT2D eigenvalue weighted by Crippen LogP contribution is -2.39. The molecular weight excluding hydrogens is 354 g/mol. The molecule has 2 aromatic rings. The molecule has 146 valence electrons. The first-order chi connectivity index (χ1) is 13.0. The first-order valence-corrected chi connectivity index (χ1v) is 8.65. The van der Waals surface area contributed by atoms with Crippen LogP contribution in [0.25, 0.3) is 0 Å². The monoisotopic (exact) mass is 378 g/mol. The highest BCUT2D eigenvalue weighted by Crippen LogP contribution is 2.18. The minimum atomic E-state index is -2.87. The van der Waals surface area contributed by atoms with Gasteiger partial charge in [-0.25, -0.2) is 4.99 Å². The van der Waals surface area contributed by atoms with E-state index in [2.05, 4.69) is 25.3 Å². The van der Waals surface area contributed by atoms with Crippen molar-refractivity contribution < 1.29 is 18.6 Å². The van der Waals surface area contributed by atoms with Gasteiger partial charge in [-0.15, -0.1) is 0 Å². The normalized spacial score (nSPS) is 12.7. The van der Waals surface area contributed by atoms with Gasteiger partial charge in [-0.2, -0.15) is 8.78 Å². The van der Waals surface area contributed by atoms with Crippen LogP contribution in [0.15, 0.2) is 47.5 Å². The zero-order valence-electron chi connectivity index (χ0n) is 15.3. The van der Waals surface area contributed by atoms with Gasteiger partial charge in [-0.05, 0) is 43.7 Å². The van der Waals surface area contributed by atoms with Crippen molar-refractivity contribution in [1.29, 1.82) is 0 Å². The second kappa shape index (κ2) is 10.4. The second-order valence-corrected chi connectivity index (χ2v) is 5.81. The number of aliphatic hydroxyl groups is 1. The van der Waals surface area contributed by atoms with Gasteiger partial charge in [-0.1, -0.05) is 18.2 Å². The van der Waals surface area contributed by atoms with Crippen molar-refractivity contribution in [3.05, 3.63) is 59.4 Å². The smallest absolute Gasteiger partial charge is 0.387 e. The molecule has 0 saturated carbocycles. The number of aryl methyl sites for hydroxylation is 1. The van der Waals surface area contributed by atoms with Gasteiger partial charge in [0.05, 0.1) is 18.3 Å². The summed E-state index contributed by atoms with van der Waals surface area (Å²) in [6, 6.07) is 11.6. The Bertz CT molecular complexity index is 739. The molecule has 0 aliphatic heterocycles. The molecule has 0 bridgehead atoms. The summed E-state index contributed by atoms with van der Waals surface area (Å²) >= 11 is 0. The fourth-order valence-corrected chi connectivity index (χ4v) is 2.37. The largest absolute Gasteiger partial charge is 0.435 e. The molecule has 0 spiro atoms. The Morgan fingerprint density at radius 3 is 2.56 bits per heavy atom. The highest BCUT2D eigenvalue weighted by Gasteiger charge is 2.10. The standard InChI is InChI=1S/C19H24F2N4O2/c1-3-22-19(23-11-15-6-4-5-13(2)25-15)24-12-17(26)14-7-9-16(10-8-14)27-18(20)21/h4-10,17-18,26H,3,11-12H2,1-2H3,(H2,22,23,24). The Morgan fingerprint density at radius 1 is 1.19 bits per heavy atom. The minimum Gasteiger partial charge on any atom is -0.435 e. The van der Waals surface area contributed by atoms with Gasteiger partial charge in [0.1, 0.15) is 5.75 Å². The van der Waals surface area contributed by atoms with E-state index in [0.29, 0.717) is 24.6 Å². The highest BCUT2D eigenvalue weighted by atomic mass is 19.3. The van der Waals surface area contributed by atoms with E-state index in [1.165, 1.54) is 12.1 Å². The lowest BCUT2D eigenvalue weighted by molar-refractivity contribution is -0.0498. The van der Waals surface area contributed by atoms with Crippen molar-refractivity contribution in [3.63, 3.8) is 0 Å². The average molecular weight is 378 g/mol. The molecule has 0 aliphatic carbocycles. The van der Waals surface area contributed by atoms with E-state index in [4.69, 9.17) is 0 Å². The fourth-order valence-electron chi connectivity index (χ4n) is 2.37. The van der Waals surface area contributed by atoms with E-state index in [0.717, 1.165) is 11.4 Å². The molecule has 2 rings (SSSR count). The lowest BCUT2D eigenvalue weighted by atomic mass is 10.1. The molecule has 0 amide bonds. The van der Waals surface area contributed by atoms with Crippen LogP contribution in [0.1, 0.15) is 30.0 Å². The number of ether oxygens (including phenoxy) is 1. The van der Waals surface area contributed by atoms with Gasteiger partial charge in [-0.3, -0.25) is 4.98 Å². The van der Waals surface area contributed by atoms with Crippen LogP contribution in [0.5, 0.6) is 5.75 Å². The van der Waals surface area contributed by atoms with Crippen molar-refractivity contribution >= 4 is 5.96 Å². The topological polar surface area (TPSA) is 78.8 Å². The number of benzene rings is 1. The molecule has 27 heavy (non-hydrogen) atoms. The summed E-state index contributed by atoms with van der Waals surface area (Å²) in [7, 11) is 0. The quantitative estimate of drug-likeness (QED) is 0.486. The van der Waals surface area contributed by atoms with Crippen LogP contribution in [0.4, 0.5) is 8.78 Å². The Hall–Kier alpha value is -2.74. The molecule has 1 aromatic heterocycles. The van der Waals surface area contributed by atoms with E-state index in [-0.39, 0.29) is 12.3 Å². The van der Waals surface area contributed by atoms with Gasteiger partial charge in [0.15, 0.2) is 5.96 Å². The zero-order valence-corrected chi connectivity index (χ0v) is 15.3. The van der Waals surface area contributed by atoms with E-state index in [1.807, 2.05) is 32.0 Å². The van der Waals surface area contributed by atoms with Crippen LogP contribution < -0.4 is 15.4 Å². The van der Waals surface area contributed by atoms with Crippen molar-refractivity contribution in [3.8, 4) is 5.75 Å². The average Bonchev–Trinajstić information content (AvgIpc) is 2.64. The molecule has 0 radical (unpaired) electrons. The first-order valence-electron chi connectivity index (χ1n) is 8.65. The molecule has 1 unspecified atom stereocenters.